The molecule has 1 heterocycles. The molecule has 30 heavy (non-hydrogen) atoms. The molecule has 2 aliphatic carbocycles. The van der Waals surface area contributed by atoms with Crippen molar-refractivity contribution in [2.24, 2.45) is 11.8 Å². The third-order valence-corrected chi connectivity index (χ3v) is 10.1. The Labute approximate surface area is 203 Å². The molecule has 0 radical (unpaired) electrons. The van der Waals surface area contributed by atoms with E-state index < -0.39 is 8.24 Å². The maximum absolute atomic E-state index is 5.32. The van der Waals surface area contributed by atoms with Gasteiger partial charge in [0, 0.05) is 6.04 Å². The summed E-state index contributed by atoms with van der Waals surface area (Å²) in [6.07, 6.45) is 13.7. The van der Waals surface area contributed by atoms with Gasteiger partial charge < -0.3 is 26.8 Å². The Balaban J connectivity index is 0.00000163. The van der Waals surface area contributed by atoms with Gasteiger partial charge >= 0.3 is 21.7 Å². The fourth-order valence-corrected chi connectivity index (χ4v) is 8.14. The minimum atomic E-state index is -1.64. The second-order valence-corrected chi connectivity index (χ2v) is 12.9. The van der Waals surface area contributed by atoms with Crippen LogP contribution in [0.2, 0.25) is 18.6 Å². The van der Waals surface area contributed by atoms with E-state index in [2.05, 4.69) is 79.6 Å². The summed E-state index contributed by atoms with van der Waals surface area (Å²) in [5.41, 5.74) is 2.13. The Kier molecular flexibility index (Phi) is 13.6. The number of hydrogen-bond acceptors (Lipinski definition) is 1. The molecule has 0 bridgehead atoms. The quantitative estimate of drug-likeness (QED) is 0.340. The minimum absolute atomic E-state index is 0. The third kappa shape index (κ3) is 6.77. The molecule has 4 atom stereocenters. The van der Waals surface area contributed by atoms with Crippen molar-refractivity contribution in [2.45, 2.75) is 57.4 Å². The molecule has 3 aliphatic rings. The smallest absolute Gasteiger partial charge is 0.661 e. The number of allylic oxidation sites excluding steroid dienone is 3. The van der Waals surface area contributed by atoms with E-state index in [9.17, 15) is 0 Å². The number of likely N-dealkylation sites (tertiary alicyclic amines) is 1. The molecule has 0 aromatic heterocycles. The van der Waals surface area contributed by atoms with Crippen molar-refractivity contribution in [1.29, 1.82) is 0 Å². The van der Waals surface area contributed by atoms with Gasteiger partial charge in [0.1, 0.15) is 0 Å². The molecule has 4 rings (SSSR count). The molecule has 4 heteroatoms. The maximum Gasteiger partial charge on any atom is 4.00 e. The minimum Gasteiger partial charge on any atom is -0.661 e. The van der Waals surface area contributed by atoms with Gasteiger partial charge in [-0.25, -0.2) is 0 Å². The molecule has 1 aromatic carbocycles. The van der Waals surface area contributed by atoms with Crippen LogP contribution in [0, 0.1) is 33.6 Å². The maximum atomic E-state index is 5.32. The van der Waals surface area contributed by atoms with Gasteiger partial charge in [0.05, 0.1) is 0 Å². The average molecular weight is 459 g/mol. The number of benzene rings is 1. The second kappa shape index (κ2) is 13.9. The molecule has 164 valence electrons. The van der Waals surface area contributed by atoms with Crippen molar-refractivity contribution in [2.75, 3.05) is 13.1 Å². The van der Waals surface area contributed by atoms with Crippen LogP contribution in [0.1, 0.15) is 31.7 Å². The second-order valence-electron chi connectivity index (χ2n) is 8.53. The van der Waals surface area contributed by atoms with Crippen LogP contribution in [0.15, 0.2) is 54.6 Å². The molecular weight excluding hydrogens is 416 g/mol. The number of nitrogens with zero attached hydrogens (tertiary/aromatic N) is 2. The van der Waals surface area contributed by atoms with Crippen LogP contribution in [0.5, 0.6) is 0 Å². The van der Waals surface area contributed by atoms with Crippen LogP contribution in [0.3, 0.4) is 0 Å². The fourth-order valence-electron chi connectivity index (χ4n) is 5.22. The van der Waals surface area contributed by atoms with Crippen molar-refractivity contribution in [3.8, 4) is 0 Å². The Morgan fingerprint density at radius 3 is 2.13 bits per heavy atom. The number of hydrogen-bond donors (Lipinski definition) is 0. The van der Waals surface area contributed by atoms with Crippen LogP contribution in [-0.4, -0.2) is 32.3 Å². The van der Waals surface area contributed by atoms with Crippen LogP contribution in [0.25, 0.3) is 4.98 Å². The van der Waals surface area contributed by atoms with Gasteiger partial charge in [-0.2, -0.15) is 6.92 Å². The van der Waals surface area contributed by atoms with Gasteiger partial charge in [0.2, 0.25) is 0 Å². The fraction of sp³-hybridized carbons (Fsp3) is 0.500. The predicted octanol–water partition coefficient (Wildman–Crippen LogP) is 7.10. The van der Waals surface area contributed by atoms with Crippen LogP contribution in [0.4, 0.5) is 0 Å². The summed E-state index contributed by atoms with van der Waals surface area (Å²) in [6, 6.07) is 11.5. The largest absolute Gasteiger partial charge is 4.00 e. The molecule has 0 amide bonds. The van der Waals surface area contributed by atoms with Crippen molar-refractivity contribution in [1.82, 2.24) is 4.90 Å². The van der Waals surface area contributed by atoms with E-state index in [-0.39, 0.29) is 36.6 Å². The average Bonchev–Trinajstić information content (AvgIpc) is 3.37. The Hall–Kier alpha value is -0.449. The van der Waals surface area contributed by atoms with Gasteiger partial charge in [0.25, 0.3) is 0 Å². The van der Waals surface area contributed by atoms with Crippen LogP contribution >= 0.6 is 0 Å². The molecule has 2 nitrogen and oxygen atoms in total. The van der Waals surface area contributed by atoms with E-state index in [1.54, 1.807) is 6.92 Å². The molecule has 4 unspecified atom stereocenters. The van der Waals surface area contributed by atoms with E-state index in [0.29, 0.717) is 11.8 Å². The first-order valence-corrected chi connectivity index (χ1v) is 13.7. The number of fused-ring (bicyclic) bond motifs is 1. The zero-order valence-electron chi connectivity index (χ0n) is 19.8. The zero-order chi connectivity index (χ0) is 19.3. The summed E-state index contributed by atoms with van der Waals surface area (Å²) >= 11 is 0. The van der Waals surface area contributed by atoms with Gasteiger partial charge in [-0.3, -0.25) is 4.90 Å². The third-order valence-electron chi connectivity index (χ3n) is 6.66. The van der Waals surface area contributed by atoms with E-state index in [4.69, 9.17) is 4.98 Å². The van der Waals surface area contributed by atoms with E-state index in [0.717, 1.165) is 18.1 Å². The Morgan fingerprint density at radius 2 is 1.53 bits per heavy atom. The number of rotatable bonds is 5. The zero-order valence-corrected chi connectivity index (χ0v) is 22.4. The van der Waals surface area contributed by atoms with Crippen molar-refractivity contribution >= 4 is 8.24 Å². The summed E-state index contributed by atoms with van der Waals surface area (Å²) in [5.74, 6) is 1.42. The first kappa shape index (κ1) is 29.6. The van der Waals surface area contributed by atoms with E-state index >= 15 is 0 Å². The topological polar surface area (TPSA) is 17.3 Å². The van der Waals surface area contributed by atoms with Crippen LogP contribution < -0.4 is 0 Å². The Bertz CT molecular complexity index is 638. The summed E-state index contributed by atoms with van der Waals surface area (Å²) in [6.45, 7) is 13.5. The standard InChI is InChI=1S/C22H31N2Si.C2H5.2CH3.Ti/c1-25(2,23-17-18-10-4-3-5-11-18)22-16-21(24-14-8-9-15-24)19-12-6-7-13-20(19)22;1-2;;;/h3-7,10-13,19-22H,8-9,14-17H2,1-2H3;1H2,2H3;2*1H3;/q4*-1;+4. The molecule has 1 saturated heterocycles. The molecular formula is C26H42N2SiTi. The summed E-state index contributed by atoms with van der Waals surface area (Å²) in [4.78, 5) is 8.10. The normalized spacial score (nSPS) is 27.1. The Morgan fingerprint density at radius 1 is 0.967 bits per heavy atom. The molecule has 1 saturated carbocycles. The summed E-state index contributed by atoms with van der Waals surface area (Å²) in [7, 11) is -1.64. The van der Waals surface area contributed by atoms with Gasteiger partial charge in [-0.05, 0) is 44.2 Å². The SMILES string of the molecule is C[Si](C)([N-]Cc1ccccc1)C1CC(N2CCCC2)C2C=CC=CC21.[CH2-]C.[CH3-].[CH3-].[Ti+4]. The van der Waals surface area contributed by atoms with Crippen molar-refractivity contribution < 1.29 is 21.7 Å². The van der Waals surface area contributed by atoms with Gasteiger partial charge in [0.15, 0.2) is 0 Å². The van der Waals surface area contributed by atoms with Gasteiger partial charge in [-0.1, -0.05) is 87.1 Å². The predicted molar refractivity (Wildman–Crippen MR) is 133 cm³/mol. The first-order chi connectivity index (χ1) is 13.1. The molecule has 1 aliphatic heterocycles. The van der Waals surface area contributed by atoms with Crippen LogP contribution in [-0.2, 0) is 28.3 Å². The first-order valence-electron chi connectivity index (χ1n) is 10.7. The van der Waals surface area contributed by atoms with E-state index in [1.807, 2.05) is 0 Å². The molecule has 2 fully saturated rings. The van der Waals surface area contributed by atoms with E-state index in [1.165, 1.54) is 37.9 Å². The molecule has 0 spiro atoms. The van der Waals surface area contributed by atoms with Crippen molar-refractivity contribution in [3.63, 3.8) is 0 Å². The molecule has 1 aromatic rings. The van der Waals surface area contributed by atoms with Gasteiger partial charge in [-0.15, -0.1) is 6.54 Å². The summed E-state index contributed by atoms with van der Waals surface area (Å²) < 4.78 is 0. The van der Waals surface area contributed by atoms with Crippen molar-refractivity contribution in [3.05, 3.63) is 87.0 Å². The summed E-state index contributed by atoms with van der Waals surface area (Å²) in [5, 5.41) is 0. The molecule has 0 N–H and O–H groups in total. The monoisotopic (exact) mass is 458 g/mol.